The van der Waals surface area contributed by atoms with E-state index in [1.54, 1.807) is 6.07 Å². The first-order valence-electron chi connectivity index (χ1n) is 8.97. The summed E-state index contributed by atoms with van der Waals surface area (Å²) < 4.78 is 41.1. The van der Waals surface area contributed by atoms with E-state index < -0.39 is 11.7 Å². The predicted molar refractivity (Wildman–Crippen MR) is 92.5 cm³/mol. The summed E-state index contributed by atoms with van der Waals surface area (Å²) in [6.45, 7) is 8.67. The highest BCUT2D eigenvalue weighted by Crippen LogP contribution is 2.33. The molecule has 0 aliphatic carbocycles. The molecule has 1 fully saturated rings. The molecule has 7 heteroatoms. The number of benzene rings is 1. The van der Waals surface area contributed by atoms with Crippen molar-refractivity contribution in [2.45, 2.75) is 45.5 Å². The topological polar surface area (TPSA) is 33.1 Å². The molecule has 25 heavy (non-hydrogen) atoms. The van der Waals surface area contributed by atoms with Gasteiger partial charge in [-0.25, -0.2) is 4.98 Å². The maximum Gasteiger partial charge on any atom is 0.416 e. The number of hydrogen-bond acceptors (Lipinski definition) is 3. The monoisotopic (exact) mass is 354 g/mol. The van der Waals surface area contributed by atoms with E-state index >= 15 is 0 Å². The van der Waals surface area contributed by atoms with Gasteiger partial charge in [0.25, 0.3) is 0 Å². The molecule has 3 rings (SSSR count). The summed E-state index contributed by atoms with van der Waals surface area (Å²) >= 11 is 0. The Labute approximate surface area is 146 Å². The SMILES string of the molecule is CCN(CC)CCn1c(C2CCCN2)nc2cc(C(F)(F)F)ccc21. The summed E-state index contributed by atoms with van der Waals surface area (Å²) in [6.07, 6.45) is -2.30. The highest BCUT2D eigenvalue weighted by atomic mass is 19.4. The fourth-order valence-corrected chi connectivity index (χ4v) is 3.51. The van der Waals surface area contributed by atoms with E-state index in [1.165, 1.54) is 6.07 Å². The predicted octanol–water partition coefficient (Wildman–Crippen LogP) is 3.82. The van der Waals surface area contributed by atoms with Crippen molar-refractivity contribution < 1.29 is 13.2 Å². The zero-order valence-electron chi connectivity index (χ0n) is 14.7. The van der Waals surface area contributed by atoms with Crippen LogP contribution in [0.4, 0.5) is 13.2 Å². The molecule has 0 radical (unpaired) electrons. The number of rotatable bonds is 6. The maximum absolute atomic E-state index is 13.0. The average Bonchev–Trinajstić information content (AvgIpc) is 3.21. The van der Waals surface area contributed by atoms with E-state index in [4.69, 9.17) is 0 Å². The Morgan fingerprint density at radius 1 is 1.28 bits per heavy atom. The fraction of sp³-hybridized carbons (Fsp3) is 0.611. The number of imidazole rings is 1. The van der Waals surface area contributed by atoms with Crippen LogP contribution in [0.2, 0.25) is 0 Å². The Hall–Kier alpha value is -1.60. The minimum atomic E-state index is -4.34. The van der Waals surface area contributed by atoms with E-state index in [0.29, 0.717) is 5.52 Å². The number of aromatic nitrogens is 2. The molecule has 1 aliphatic heterocycles. The van der Waals surface area contributed by atoms with Crippen LogP contribution in [-0.2, 0) is 12.7 Å². The van der Waals surface area contributed by atoms with E-state index in [9.17, 15) is 13.2 Å². The van der Waals surface area contributed by atoms with Gasteiger partial charge in [0.1, 0.15) is 5.82 Å². The first kappa shape index (κ1) is 18.2. The number of nitrogens with zero attached hydrogens (tertiary/aromatic N) is 3. The van der Waals surface area contributed by atoms with Crippen LogP contribution in [-0.4, -0.2) is 40.6 Å². The van der Waals surface area contributed by atoms with Gasteiger partial charge in [0, 0.05) is 13.1 Å². The van der Waals surface area contributed by atoms with E-state index in [-0.39, 0.29) is 6.04 Å². The zero-order valence-corrected chi connectivity index (χ0v) is 14.7. The number of likely N-dealkylation sites (N-methyl/N-ethyl adjacent to an activating group) is 1. The third kappa shape index (κ3) is 3.82. The van der Waals surface area contributed by atoms with Crippen LogP contribution in [0.3, 0.4) is 0 Å². The van der Waals surface area contributed by atoms with Crippen molar-refractivity contribution in [1.82, 2.24) is 19.8 Å². The molecule has 1 unspecified atom stereocenters. The van der Waals surface area contributed by atoms with Crippen LogP contribution >= 0.6 is 0 Å². The molecule has 2 aromatic rings. The summed E-state index contributed by atoms with van der Waals surface area (Å²) in [4.78, 5) is 6.89. The number of alkyl halides is 3. The second-order valence-corrected chi connectivity index (χ2v) is 6.50. The van der Waals surface area contributed by atoms with Gasteiger partial charge in [0.05, 0.1) is 22.6 Å². The summed E-state index contributed by atoms with van der Waals surface area (Å²) in [7, 11) is 0. The highest BCUT2D eigenvalue weighted by Gasteiger charge is 2.31. The Bertz CT molecular complexity index is 713. The smallest absolute Gasteiger partial charge is 0.325 e. The van der Waals surface area contributed by atoms with Crippen LogP contribution < -0.4 is 5.32 Å². The molecule has 1 N–H and O–H groups in total. The first-order valence-corrected chi connectivity index (χ1v) is 8.97. The molecule has 1 aliphatic rings. The van der Waals surface area contributed by atoms with Gasteiger partial charge >= 0.3 is 6.18 Å². The van der Waals surface area contributed by atoms with Gasteiger partial charge in [0.2, 0.25) is 0 Å². The second-order valence-electron chi connectivity index (χ2n) is 6.50. The summed E-state index contributed by atoms with van der Waals surface area (Å²) in [6, 6.07) is 4.01. The van der Waals surface area contributed by atoms with Crippen molar-refractivity contribution in [2.24, 2.45) is 0 Å². The Kier molecular flexibility index (Phi) is 5.34. The minimum absolute atomic E-state index is 0.124. The van der Waals surface area contributed by atoms with Gasteiger partial charge in [-0.1, -0.05) is 13.8 Å². The van der Waals surface area contributed by atoms with Crippen LogP contribution in [0.25, 0.3) is 11.0 Å². The number of nitrogens with one attached hydrogen (secondary N) is 1. The molecule has 0 saturated carbocycles. The molecule has 1 atom stereocenters. The van der Waals surface area contributed by atoms with Crippen molar-refractivity contribution in [3.05, 3.63) is 29.6 Å². The average molecular weight is 354 g/mol. The van der Waals surface area contributed by atoms with Gasteiger partial charge in [-0.3, -0.25) is 0 Å². The minimum Gasteiger partial charge on any atom is -0.325 e. The fourth-order valence-electron chi connectivity index (χ4n) is 3.51. The summed E-state index contributed by atoms with van der Waals surface area (Å²) in [5.74, 6) is 0.860. The van der Waals surface area contributed by atoms with Crippen LogP contribution in [0, 0.1) is 0 Å². The van der Waals surface area contributed by atoms with Gasteiger partial charge in [-0.15, -0.1) is 0 Å². The lowest BCUT2D eigenvalue weighted by atomic mass is 10.2. The van der Waals surface area contributed by atoms with Crippen LogP contribution in [0.15, 0.2) is 18.2 Å². The zero-order chi connectivity index (χ0) is 18.0. The van der Waals surface area contributed by atoms with E-state index in [2.05, 4.69) is 33.6 Å². The normalized spacial score (nSPS) is 18.6. The Balaban J connectivity index is 1.99. The Morgan fingerprint density at radius 2 is 2.04 bits per heavy atom. The largest absolute Gasteiger partial charge is 0.416 e. The van der Waals surface area contributed by atoms with Gasteiger partial charge in [-0.05, 0) is 50.7 Å². The first-order chi connectivity index (χ1) is 11.9. The van der Waals surface area contributed by atoms with Gasteiger partial charge < -0.3 is 14.8 Å². The lowest BCUT2D eigenvalue weighted by molar-refractivity contribution is -0.137. The van der Waals surface area contributed by atoms with Crippen molar-refractivity contribution in [3.63, 3.8) is 0 Å². The quantitative estimate of drug-likeness (QED) is 0.856. The third-order valence-electron chi connectivity index (χ3n) is 5.01. The highest BCUT2D eigenvalue weighted by molar-refractivity contribution is 5.77. The third-order valence-corrected chi connectivity index (χ3v) is 5.01. The molecule has 0 bridgehead atoms. The lowest BCUT2D eigenvalue weighted by Crippen LogP contribution is -2.28. The van der Waals surface area contributed by atoms with Crippen molar-refractivity contribution in [2.75, 3.05) is 26.2 Å². The molecule has 2 heterocycles. The van der Waals surface area contributed by atoms with Gasteiger partial charge in [-0.2, -0.15) is 13.2 Å². The molecule has 0 spiro atoms. The molecular weight excluding hydrogens is 329 g/mol. The lowest BCUT2D eigenvalue weighted by Gasteiger charge is -2.20. The molecule has 4 nitrogen and oxygen atoms in total. The van der Waals surface area contributed by atoms with Crippen molar-refractivity contribution in [3.8, 4) is 0 Å². The molecular formula is C18H25F3N4. The van der Waals surface area contributed by atoms with Crippen LogP contribution in [0.5, 0.6) is 0 Å². The molecule has 1 aromatic carbocycles. The Morgan fingerprint density at radius 3 is 2.64 bits per heavy atom. The molecule has 0 amide bonds. The molecule has 1 saturated heterocycles. The second kappa shape index (κ2) is 7.33. The molecule has 138 valence electrons. The van der Waals surface area contributed by atoms with E-state index in [1.807, 2.05) is 0 Å². The molecule has 1 aromatic heterocycles. The number of hydrogen-bond donors (Lipinski definition) is 1. The standard InChI is InChI=1S/C18H25F3N4/c1-3-24(4-2)10-11-25-16-8-7-13(18(19,20)21)12-15(16)23-17(25)14-6-5-9-22-14/h7-8,12,14,22H,3-6,9-11H2,1-2H3. The summed E-state index contributed by atoms with van der Waals surface area (Å²) in [5, 5.41) is 3.42. The van der Waals surface area contributed by atoms with E-state index in [0.717, 1.165) is 63.0 Å². The number of halogens is 3. The van der Waals surface area contributed by atoms with Crippen molar-refractivity contribution >= 4 is 11.0 Å². The van der Waals surface area contributed by atoms with Crippen molar-refractivity contribution in [1.29, 1.82) is 0 Å². The van der Waals surface area contributed by atoms with Gasteiger partial charge in [0.15, 0.2) is 0 Å². The maximum atomic E-state index is 13.0. The summed E-state index contributed by atoms with van der Waals surface area (Å²) in [5.41, 5.74) is 0.571. The van der Waals surface area contributed by atoms with Crippen LogP contribution in [0.1, 0.15) is 44.1 Å². The number of fused-ring (bicyclic) bond motifs is 1.